The highest BCUT2D eigenvalue weighted by atomic mass is 16.6. The molecule has 0 radical (unpaired) electrons. The Balaban J connectivity index is 1.68. The number of hydrogen-bond donors (Lipinski definition) is 1. The molecule has 1 fully saturated rings. The van der Waals surface area contributed by atoms with E-state index in [1.54, 1.807) is 25.3 Å². The summed E-state index contributed by atoms with van der Waals surface area (Å²) in [5.74, 6) is 0.173. The van der Waals surface area contributed by atoms with Gasteiger partial charge in [0.2, 0.25) is 0 Å². The van der Waals surface area contributed by atoms with E-state index in [4.69, 9.17) is 18.9 Å². The van der Waals surface area contributed by atoms with E-state index in [0.717, 1.165) is 25.0 Å². The second kappa shape index (κ2) is 11.9. The zero-order chi connectivity index (χ0) is 25.5. The lowest BCUT2D eigenvalue weighted by Gasteiger charge is -2.25. The second-order valence-electron chi connectivity index (χ2n) is 8.82. The molecule has 36 heavy (non-hydrogen) atoms. The van der Waals surface area contributed by atoms with Crippen LogP contribution in [-0.4, -0.2) is 61.8 Å². The number of likely N-dealkylation sites (tertiary alicyclic amines) is 1. The van der Waals surface area contributed by atoms with Crippen molar-refractivity contribution in [2.75, 3.05) is 40.1 Å². The zero-order valence-electron chi connectivity index (χ0n) is 20.8. The predicted octanol–water partition coefficient (Wildman–Crippen LogP) is 4.49. The van der Waals surface area contributed by atoms with Crippen molar-refractivity contribution in [2.45, 2.75) is 38.6 Å². The first-order valence-corrected chi connectivity index (χ1v) is 12.4. The monoisotopic (exact) mass is 495 g/mol. The Hall–Kier alpha value is -3.52. The van der Waals surface area contributed by atoms with Gasteiger partial charge in [-0.3, -0.25) is 9.59 Å². The minimum absolute atomic E-state index is 0.0470. The van der Waals surface area contributed by atoms with Gasteiger partial charge in [-0.2, -0.15) is 0 Å². The summed E-state index contributed by atoms with van der Waals surface area (Å²) in [5.41, 5.74) is 1.15. The lowest BCUT2D eigenvalue weighted by Crippen LogP contribution is -2.31. The van der Waals surface area contributed by atoms with E-state index >= 15 is 0 Å². The molecule has 1 saturated heterocycles. The number of nitrogens with zero attached hydrogens (tertiary/aromatic N) is 1. The molecule has 8 nitrogen and oxygen atoms in total. The maximum atomic E-state index is 13.2. The van der Waals surface area contributed by atoms with E-state index in [9.17, 15) is 14.7 Å². The van der Waals surface area contributed by atoms with Gasteiger partial charge in [-0.05, 0) is 48.7 Å². The van der Waals surface area contributed by atoms with E-state index in [1.165, 1.54) is 4.90 Å². The Labute approximate surface area is 211 Å². The van der Waals surface area contributed by atoms with Crippen molar-refractivity contribution < 1.29 is 33.6 Å². The quantitative estimate of drug-likeness (QED) is 0.212. The predicted molar refractivity (Wildman–Crippen MR) is 134 cm³/mol. The summed E-state index contributed by atoms with van der Waals surface area (Å²) in [4.78, 5) is 27.7. The highest BCUT2D eigenvalue weighted by molar-refractivity contribution is 6.46. The standard InChI is InChI=1S/C28H33NO7/c1-3-4-5-15-34-21-10-7-19(8-11-21)25-24(27(31)28(32)29(25)13-6-14-33-2)26(30)20-9-12-22-23(18-20)36-17-16-35-22/h7-12,18,25,30H,3-6,13-17H2,1-2H3. The highest BCUT2D eigenvalue weighted by Gasteiger charge is 2.45. The van der Waals surface area contributed by atoms with Crippen LogP contribution < -0.4 is 14.2 Å². The summed E-state index contributed by atoms with van der Waals surface area (Å²) >= 11 is 0. The lowest BCUT2D eigenvalue weighted by atomic mass is 9.95. The summed E-state index contributed by atoms with van der Waals surface area (Å²) in [5, 5.41) is 11.3. The average Bonchev–Trinajstić information content (AvgIpc) is 3.16. The molecule has 1 unspecified atom stereocenters. The first-order chi connectivity index (χ1) is 17.5. The van der Waals surface area contributed by atoms with E-state index in [-0.39, 0.29) is 11.3 Å². The molecule has 8 heteroatoms. The molecule has 0 aromatic heterocycles. The third-order valence-electron chi connectivity index (χ3n) is 6.32. The molecular weight excluding hydrogens is 462 g/mol. The molecule has 1 N–H and O–H groups in total. The Bertz CT molecular complexity index is 1110. The average molecular weight is 496 g/mol. The largest absolute Gasteiger partial charge is 0.507 e. The number of amides is 1. The number of carbonyl (C=O) groups excluding carboxylic acids is 2. The minimum Gasteiger partial charge on any atom is -0.507 e. The van der Waals surface area contributed by atoms with Gasteiger partial charge in [0.1, 0.15) is 24.7 Å². The van der Waals surface area contributed by atoms with Crippen LogP contribution >= 0.6 is 0 Å². The van der Waals surface area contributed by atoms with Crippen molar-refractivity contribution in [3.05, 3.63) is 59.2 Å². The van der Waals surface area contributed by atoms with E-state index in [0.29, 0.717) is 62.0 Å². The first kappa shape index (κ1) is 25.6. The van der Waals surface area contributed by atoms with Crippen LogP contribution in [0.4, 0.5) is 0 Å². The van der Waals surface area contributed by atoms with Crippen LogP contribution in [0.25, 0.3) is 5.76 Å². The van der Waals surface area contributed by atoms with Gasteiger partial charge in [-0.1, -0.05) is 31.9 Å². The van der Waals surface area contributed by atoms with Gasteiger partial charge in [-0.15, -0.1) is 0 Å². The Morgan fingerprint density at radius 1 is 1.00 bits per heavy atom. The number of rotatable bonds is 11. The molecule has 192 valence electrons. The summed E-state index contributed by atoms with van der Waals surface area (Å²) in [6.07, 6.45) is 3.76. The van der Waals surface area contributed by atoms with Crippen molar-refractivity contribution in [3.63, 3.8) is 0 Å². The molecule has 2 aromatic rings. The SMILES string of the molecule is CCCCCOc1ccc(C2C(=C(O)c3ccc4c(c3)OCCO4)C(=O)C(=O)N2CCCOC)cc1. The summed E-state index contributed by atoms with van der Waals surface area (Å²) in [6.45, 7) is 4.38. The van der Waals surface area contributed by atoms with Gasteiger partial charge in [0.15, 0.2) is 11.5 Å². The second-order valence-corrected chi connectivity index (χ2v) is 8.82. The normalized spacial score (nSPS) is 18.5. The van der Waals surface area contributed by atoms with Crippen LogP contribution in [0.3, 0.4) is 0 Å². The molecular formula is C28H33NO7. The fraction of sp³-hybridized carbons (Fsp3) is 0.429. The number of unbranched alkanes of at least 4 members (excludes halogenated alkanes) is 2. The van der Waals surface area contributed by atoms with Crippen LogP contribution in [0.1, 0.15) is 49.8 Å². The molecule has 0 spiro atoms. The van der Waals surface area contributed by atoms with Crippen LogP contribution in [0, 0.1) is 0 Å². The molecule has 1 amide bonds. The van der Waals surface area contributed by atoms with Gasteiger partial charge >= 0.3 is 0 Å². The number of aliphatic hydroxyl groups excluding tert-OH is 1. The van der Waals surface area contributed by atoms with E-state index in [1.807, 2.05) is 24.3 Å². The number of ether oxygens (including phenoxy) is 4. The van der Waals surface area contributed by atoms with E-state index < -0.39 is 17.7 Å². The van der Waals surface area contributed by atoms with Gasteiger partial charge in [0, 0.05) is 25.8 Å². The number of Topliss-reactive ketones (excluding diaryl/α,β-unsaturated/α-hetero) is 1. The summed E-state index contributed by atoms with van der Waals surface area (Å²) in [7, 11) is 1.59. The van der Waals surface area contributed by atoms with Crippen molar-refractivity contribution in [3.8, 4) is 17.2 Å². The Morgan fingerprint density at radius 3 is 2.47 bits per heavy atom. The number of aliphatic hydroxyl groups is 1. The fourth-order valence-electron chi connectivity index (χ4n) is 4.47. The number of ketones is 1. The highest BCUT2D eigenvalue weighted by Crippen LogP contribution is 2.41. The number of hydrogen-bond acceptors (Lipinski definition) is 7. The maximum absolute atomic E-state index is 13.2. The third-order valence-corrected chi connectivity index (χ3v) is 6.32. The fourth-order valence-corrected chi connectivity index (χ4v) is 4.47. The summed E-state index contributed by atoms with van der Waals surface area (Å²) in [6, 6.07) is 11.6. The van der Waals surface area contributed by atoms with Gasteiger partial charge < -0.3 is 29.0 Å². The summed E-state index contributed by atoms with van der Waals surface area (Å²) < 4.78 is 22.2. The molecule has 0 bridgehead atoms. The topological polar surface area (TPSA) is 94.5 Å². The number of fused-ring (bicyclic) bond motifs is 1. The van der Waals surface area contributed by atoms with Crippen molar-refractivity contribution >= 4 is 17.4 Å². The molecule has 0 saturated carbocycles. The Morgan fingerprint density at radius 2 is 1.75 bits per heavy atom. The van der Waals surface area contributed by atoms with Crippen molar-refractivity contribution in [1.82, 2.24) is 4.90 Å². The third kappa shape index (κ3) is 5.49. The smallest absolute Gasteiger partial charge is 0.295 e. The molecule has 1 atom stereocenters. The van der Waals surface area contributed by atoms with Crippen LogP contribution in [-0.2, 0) is 14.3 Å². The first-order valence-electron chi connectivity index (χ1n) is 12.4. The number of methoxy groups -OCH3 is 1. The molecule has 2 aliphatic rings. The number of carbonyl (C=O) groups is 2. The van der Waals surface area contributed by atoms with Crippen LogP contribution in [0.2, 0.25) is 0 Å². The molecule has 2 aromatic carbocycles. The molecule has 2 aliphatic heterocycles. The minimum atomic E-state index is -0.732. The van der Waals surface area contributed by atoms with Crippen LogP contribution in [0.15, 0.2) is 48.0 Å². The maximum Gasteiger partial charge on any atom is 0.295 e. The Kier molecular flexibility index (Phi) is 8.48. The molecule has 4 rings (SSSR count). The number of benzene rings is 2. The lowest BCUT2D eigenvalue weighted by molar-refractivity contribution is -0.140. The van der Waals surface area contributed by atoms with Crippen molar-refractivity contribution in [2.24, 2.45) is 0 Å². The van der Waals surface area contributed by atoms with Gasteiger partial charge in [0.05, 0.1) is 18.2 Å². The van der Waals surface area contributed by atoms with Crippen molar-refractivity contribution in [1.29, 1.82) is 0 Å². The zero-order valence-corrected chi connectivity index (χ0v) is 20.8. The van der Waals surface area contributed by atoms with E-state index in [2.05, 4.69) is 6.92 Å². The van der Waals surface area contributed by atoms with Crippen LogP contribution in [0.5, 0.6) is 17.2 Å². The molecule has 0 aliphatic carbocycles. The van der Waals surface area contributed by atoms with Gasteiger partial charge in [0.25, 0.3) is 11.7 Å². The van der Waals surface area contributed by atoms with Gasteiger partial charge in [-0.25, -0.2) is 0 Å². The molecule has 2 heterocycles.